The molecule has 138 valence electrons. The van der Waals surface area contributed by atoms with E-state index in [1.807, 2.05) is 48.5 Å². The van der Waals surface area contributed by atoms with Crippen LogP contribution in [0.4, 0.5) is 0 Å². The zero-order valence-corrected chi connectivity index (χ0v) is 15.1. The van der Waals surface area contributed by atoms with Crippen molar-refractivity contribution in [1.29, 1.82) is 0 Å². The molecular weight excluding hydrogens is 344 g/mol. The predicted octanol–water partition coefficient (Wildman–Crippen LogP) is 3.00. The van der Waals surface area contributed by atoms with Crippen LogP contribution in [0.25, 0.3) is 17.0 Å². The number of aromatic nitrogens is 2. The number of H-pyrrole nitrogens is 1. The van der Waals surface area contributed by atoms with Crippen molar-refractivity contribution in [3.63, 3.8) is 0 Å². The molecule has 0 saturated carbocycles. The van der Waals surface area contributed by atoms with Crippen molar-refractivity contribution in [1.82, 2.24) is 21.0 Å². The van der Waals surface area contributed by atoms with Crippen LogP contribution in [0.1, 0.15) is 16.1 Å². The van der Waals surface area contributed by atoms with Crippen LogP contribution in [0, 0.1) is 0 Å². The first kappa shape index (κ1) is 18.1. The molecule has 7 heteroatoms. The maximum Gasteiger partial charge on any atom is 0.287 e. The third kappa shape index (κ3) is 4.27. The highest BCUT2D eigenvalue weighted by molar-refractivity contribution is 5.93. The van der Waals surface area contributed by atoms with Crippen molar-refractivity contribution in [3.05, 3.63) is 72.4 Å². The number of nitrogens with zero attached hydrogens (tertiary/aromatic N) is 1. The maximum atomic E-state index is 12.3. The van der Waals surface area contributed by atoms with E-state index in [4.69, 9.17) is 9.47 Å². The van der Waals surface area contributed by atoms with E-state index in [1.54, 1.807) is 20.3 Å². The van der Waals surface area contributed by atoms with E-state index in [1.165, 1.54) is 0 Å². The van der Waals surface area contributed by atoms with E-state index < -0.39 is 0 Å². The van der Waals surface area contributed by atoms with Gasteiger partial charge in [0.05, 0.1) is 25.6 Å². The number of hydrogen-bond donors (Lipinski definition) is 3. The summed E-state index contributed by atoms with van der Waals surface area (Å²) in [7, 11) is 3.21. The number of ether oxygens (including phenoxy) is 2. The van der Waals surface area contributed by atoms with Crippen molar-refractivity contribution in [2.75, 3.05) is 14.2 Å². The molecule has 2 aromatic carbocycles. The first-order valence-electron chi connectivity index (χ1n) is 8.20. The average Bonchev–Trinajstić information content (AvgIpc) is 3.22. The van der Waals surface area contributed by atoms with Crippen LogP contribution in [-0.4, -0.2) is 30.3 Å². The zero-order chi connectivity index (χ0) is 19.2. The van der Waals surface area contributed by atoms with E-state index >= 15 is 0 Å². The minimum absolute atomic E-state index is 0.329. The first-order valence-corrected chi connectivity index (χ1v) is 8.20. The van der Waals surface area contributed by atoms with E-state index in [2.05, 4.69) is 27.6 Å². The van der Waals surface area contributed by atoms with Gasteiger partial charge < -0.3 is 9.47 Å². The van der Waals surface area contributed by atoms with Gasteiger partial charge in [-0.15, -0.1) is 0 Å². The summed E-state index contributed by atoms with van der Waals surface area (Å²) in [5.74, 6) is 1.16. The van der Waals surface area contributed by atoms with Crippen LogP contribution < -0.4 is 20.3 Å². The first-order chi connectivity index (χ1) is 13.1. The lowest BCUT2D eigenvalue weighted by Crippen LogP contribution is -2.36. The van der Waals surface area contributed by atoms with E-state index in [9.17, 15) is 4.79 Å². The molecule has 0 spiro atoms. The van der Waals surface area contributed by atoms with Crippen LogP contribution in [0.5, 0.6) is 11.5 Å². The Morgan fingerprint density at radius 1 is 0.963 bits per heavy atom. The second kappa shape index (κ2) is 8.09. The molecule has 0 radical (unpaired) electrons. The highest BCUT2D eigenvalue weighted by Gasteiger charge is 2.11. The molecule has 0 saturated heterocycles. The normalized spacial score (nSPS) is 10.1. The molecule has 1 amide bonds. The summed E-state index contributed by atoms with van der Waals surface area (Å²) >= 11 is 0. The molecule has 27 heavy (non-hydrogen) atoms. The van der Waals surface area contributed by atoms with Crippen molar-refractivity contribution >= 4 is 11.6 Å². The minimum Gasteiger partial charge on any atom is -0.497 e. The summed E-state index contributed by atoms with van der Waals surface area (Å²) in [6.07, 6.45) is 0. The minimum atomic E-state index is -0.350. The highest BCUT2D eigenvalue weighted by Crippen LogP contribution is 2.21. The van der Waals surface area contributed by atoms with Gasteiger partial charge in [0.1, 0.15) is 17.2 Å². The van der Waals surface area contributed by atoms with Gasteiger partial charge in [0.2, 0.25) is 0 Å². The summed E-state index contributed by atoms with van der Waals surface area (Å²) in [6.45, 7) is 3.91. The van der Waals surface area contributed by atoms with Crippen molar-refractivity contribution in [2.24, 2.45) is 0 Å². The Hall–Kier alpha value is -3.74. The quantitative estimate of drug-likeness (QED) is 0.561. The van der Waals surface area contributed by atoms with Crippen LogP contribution >= 0.6 is 0 Å². The second-order valence-corrected chi connectivity index (χ2v) is 5.68. The van der Waals surface area contributed by atoms with Gasteiger partial charge >= 0.3 is 0 Å². The molecule has 3 N–H and O–H groups in total. The third-order valence-corrected chi connectivity index (χ3v) is 3.97. The van der Waals surface area contributed by atoms with E-state index in [0.29, 0.717) is 17.1 Å². The Balaban J connectivity index is 1.60. The van der Waals surface area contributed by atoms with Gasteiger partial charge in [-0.05, 0) is 60.2 Å². The Bertz CT molecular complexity index is 931. The van der Waals surface area contributed by atoms with Gasteiger partial charge in [-0.2, -0.15) is 5.10 Å². The Kier molecular flexibility index (Phi) is 5.41. The van der Waals surface area contributed by atoms with Crippen LogP contribution in [-0.2, 0) is 0 Å². The monoisotopic (exact) mass is 364 g/mol. The summed E-state index contributed by atoms with van der Waals surface area (Å²) in [4.78, 5) is 12.3. The fraction of sp³-hybridized carbons (Fsp3) is 0.100. The number of hydrogen-bond acceptors (Lipinski definition) is 5. The molecular formula is C20H20N4O3. The molecule has 3 rings (SSSR count). The summed E-state index contributed by atoms with van der Waals surface area (Å²) in [5.41, 5.74) is 8.66. The van der Waals surface area contributed by atoms with Crippen LogP contribution in [0.2, 0.25) is 0 Å². The maximum absolute atomic E-state index is 12.3. The molecule has 0 fully saturated rings. The summed E-state index contributed by atoms with van der Waals surface area (Å²) < 4.78 is 10.3. The van der Waals surface area contributed by atoms with Gasteiger partial charge in [-0.3, -0.25) is 20.7 Å². The third-order valence-electron chi connectivity index (χ3n) is 3.97. The smallest absolute Gasteiger partial charge is 0.287 e. The zero-order valence-electron chi connectivity index (χ0n) is 15.1. The molecule has 0 bridgehead atoms. The number of carbonyl (C=O) groups is 1. The Labute approximate surface area is 157 Å². The highest BCUT2D eigenvalue weighted by atomic mass is 16.5. The Morgan fingerprint density at radius 2 is 1.56 bits per heavy atom. The van der Waals surface area contributed by atoms with Gasteiger partial charge in [0.25, 0.3) is 5.91 Å². The summed E-state index contributed by atoms with van der Waals surface area (Å²) in [5, 5.41) is 6.91. The van der Waals surface area contributed by atoms with Crippen molar-refractivity contribution in [3.8, 4) is 22.8 Å². The number of rotatable bonds is 7. The molecule has 0 aliphatic heterocycles. The lowest BCUT2D eigenvalue weighted by molar-refractivity contribution is 0.0937. The van der Waals surface area contributed by atoms with Gasteiger partial charge in [0.15, 0.2) is 0 Å². The lowest BCUT2D eigenvalue weighted by Gasteiger charge is -2.11. The standard InChI is InChI=1S/C20H20N4O3/c1-13(14-4-8-16(26-2)9-5-14)21-24-20(25)19-12-18(22-23-19)15-6-10-17(27-3)11-7-15/h4-12,21H,1H2,2-3H3,(H,22,23)(H,24,25). The molecule has 3 aromatic rings. The van der Waals surface area contributed by atoms with Crippen LogP contribution in [0.15, 0.2) is 61.2 Å². The largest absolute Gasteiger partial charge is 0.497 e. The van der Waals surface area contributed by atoms with Gasteiger partial charge in [0, 0.05) is 5.56 Å². The molecule has 1 heterocycles. The molecule has 0 atom stereocenters. The number of hydrazine groups is 1. The average molecular weight is 364 g/mol. The molecule has 7 nitrogen and oxygen atoms in total. The van der Waals surface area contributed by atoms with E-state index in [-0.39, 0.29) is 5.91 Å². The number of benzene rings is 2. The molecule has 1 aromatic heterocycles. The van der Waals surface area contributed by atoms with Crippen molar-refractivity contribution < 1.29 is 14.3 Å². The number of nitrogens with one attached hydrogen (secondary N) is 3. The topological polar surface area (TPSA) is 88.3 Å². The molecule has 0 aliphatic carbocycles. The Morgan fingerprint density at radius 3 is 2.15 bits per heavy atom. The fourth-order valence-electron chi connectivity index (χ4n) is 2.41. The molecule has 0 unspecified atom stereocenters. The second-order valence-electron chi connectivity index (χ2n) is 5.68. The van der Waals surface area contributed by atoms with Gasteiger partial charge in [-0.25, -0.2) is 0 Å². The number of amides is 1. The lowest BCUT2D eigenvalue weighted by atomic mass is 10.1. The van der Waals surface area contributed by atoms with Crippen molar-refractivity contribution in [2.45, 2.75) is 0 Å². The number of methoxy groups -OCH3 is 2. The van der Waals surface area contributed by atoms with E-state index in [0.717, 1.165) is 22.6 Å². The molecule has 0 aliphatic rings. The number of carbonyl (C=O) groups excluding carboxylic acids is 1. The number of aromatic amines is 1. The van der Waals surface area contributed by atoms with Gasteiger partial charge in [-0.1, -0.05) is 6.58 Å². The SMILES string of the molecule is C=C(NNC(=O)c1cc(-c2ccc(OC)cc2)n[nH]1)c1ccc(OC)cc1. The summed E-state index contributed by atoms with van der Waals surface area (Å²) in [6, 6.07) is 16.4. The fourth-order valence-corrected chi connectivity index (χ4v) is 2.41. The van der Waals surface area contributed by atoms with Crippen LogP contribution in [0.3, 0.4) is 0 Å². The predicted molar refractivity (Wildman–Crippen MR) is 103 cm³/mol.